The Morgan fingerprint density at radius 2 is 2.06 bits per heavy atom. The van der Waals surface area contributed by atoms with Gasteiger partial charge in [-0.25, -0.2) is 8.78 Å². The Hall–Kier alpha value is -2.08. The minimum absolute atomic E-state index is 0.0810. The van der Waals surface area contributed by atoms with Gasteiger partial charge in [0.2, 0.25) is 0 Å². The molecule has 0 spiro atoms. The lowest BCUT2D eigenvalue weighted by Gasteiger charge is -2.05. The molecule has 3 nitrogen and oxygen atoms in total. The number of fused-ring (bicyclic) bond motifs is 1. The molecule has 0 saturated heterocycles. The van der Waals surface area contributed by atoms with Gasteiger partial charge in [-0.3, -0.25) is 9.55 Å². The molecule has 3 rings (SSSR count). The summed E-state index contributed by atoms with van der Waals surface area (Å²) in [6.45, 7) is 0. The Bertz CT molecular complexity index is 791. The predicted molar refractivity (Wildman–Crippen MR) is 66.2 cm³/mol. The summed E-state index contributed by atoms with van der Waals surface area (Å²) in [5.74, 6) is -1.05. The number of hydrogen-bond acceptors (Lipinski definition) is 2. The summed E-state index contributed by atoms with van der Waals surface area (Å²) in [5, 5.41) is 0. The molecule has 0 aliphatic carbocycles. The summed E-state index contributed by atoms with van der Waals surface area (Å²) in [6.07, 6.45) is 3.15. The molecular weight excluding hydrogens is 256 g/mol. The van der Waals surface area contributed by atoms with Crippen molar-refractivity contribution in [2.24, 2.45) is 0 Å². The van der Waals surface area contributed by atoms with Crippen LogP contribution in [0.4, 0.5) is 8.78 Å². The van der Waals surface area contributed by atoms with E-state index in [1.807, 2.05) is 0 Å². The van der Waals surface area contributed by atoms with Crippen molar-refractivity contribution in [2.45, 2.75) is 0 Å². The highest BCUT2D eigenvalue weighted by molar-refractivity contribution is 7.71. The molecule has 0 radical (unpaired) electrons. The van der Waals surface area contributed by atoms with Crippen molar-refractivity contribution in [1.29, 1.82) is 0 Å². The summed E-state index contributed by atoms with van der Waals surface area (Å²) in [5.41, 5.74) is 1.41. The molecule has 0 saturated carbocycles. The number of hydrogen-bond donors (Lipinski definition) is 1. The molecular formula is C12H7F2N3S. The van der Waals surface area contributed by atoms with Crippen LogP contribution in [0.5, 0.6) is 0 Å². The first-order valence-electron chi connectivity index (χ1n) is 5.17. The Balaban J connectivity index is 2.41. The van der Waals surface area contributed by atoms with Gasteiger partial charge in [0.15, 0.2) is 4.77 Å². The summed E-state index contributed by atoms with van der Waals surface area (Å²) in [6, 6.07) is 4.94. The maximum absolute atomic E-state index is 13.8. The zero-order valence-corrected chi connectivity index (χ0v) is 9.84. The lowest BCUT2D eigenvalue weighted by atomic mass is 10.3. The fourth-order valence-corrected chi connectivity index (χ4v) is 2.16. The SMILES string of the molecule is Fc1ccc(F)c(-n2c(=S)[nH]c3cnccc32)c1. The second-order valence-corrected chi connectivity index (χ2v) is 4.14. The van der Waals surface area contributed by atoms with Crippen LogP contribution in [0.3, 0.4) is 0 Å². The van der Waals surface area contributed by atoms with E-state index < -0.39 is 11.6 Å². The Morgan fingerprint density at radius 3 is 2.89 bits per heavy atom. The molecule has 0 aliphatic heterocycles. The number of aromatic nitrogens is 3. The van der Waals surface area contributed by atoms with E-state index in [1.165, 1.54) is 4.57 Å². The number of pyridine rings is 1. The van der Waals surface area contributed by atoms with Crippen LogP contribution in [-0.4, -0.2) is 14.5 Å². The molecule has 0 amide bonds. The molecule has 0 fully saturated rings. The molecule has 90 valence electrons. The second kappa shape index (κ2) is 3.99. The molecule has 0 atom stereocenters. The number of aromatic amines is 1. The van der Waals surface area contributed by atoms with Gasteiger partial charge < -0.3 is 4.98 Å². The van der Waals surface area contributed by atoms with Crippen molar-refractivity contribution in [3.63, 3.8) is 0 Å². The average molecular weight is 263 g/mol. The van der Waals surface area contributed by atoms with E-state index in [0.717, 1.165) is 18.2 Å². The third kappa shape index (κ3) is 1.62. The molecule has 0 unspecified atom stereocenters. The number of halogens is 2. The highest BCUT2D eigenvalue weighted by Gasteiger charge is 2.11. The van der Waals surface area contributed by atoms with Crippen LogP contribution >= 0.6 is 12.2 Å². The third-order valence-corrected chi connectivity index (χ3v) is 2.92. The van der Waals surface area contributed by atoms with E-state index in [1.54, 1.807) is 18.5 Å². The largest absolute Gasteiger partial charge is 0.329 e. The highest BCUT2D eigenvalue weighted by atomic mass is 32.1. The highest BCUT2D eigenvalue weighted by Crippen LogP contribution is 2.21. The van der Waals surface area contributed by atoms with E-state index in [2.05, 4.69) is 9.97 Å². The third-order valence-electron chi connectivity index (χ3n) is 2.63. The Labute approximate surface area is 106 Å². The summed E-state index contributed by atoms with van der Waals surface area (Å²) in [4.78, 5) is 6.84. The van der Waals surface area contributed by atoms with Crippen LogP contribution in [0.25, 0.3) is 16.7 Å². The van der Waals surface area contributed by atoms with Gasteiger partial charge in [-0.05, 0) is 30.4 Å². The maximum Gasteiger partial charge on any atom is 0.182 e. The molecule has 0 bridgehead atoms. The first kappa shape index (κ1) is 11.0. The van der Waals surface area contributed by atoms with Gasteiger partial charge in [0.1, 0.15) is 11.6 Å². The summed E-state index contributed by atoms with van der Waals surface area (Å²) >= 11 is 5.13. The lowest BCUT2D eigenvalue weighted by molar-refractivity contribution is 0.593. The van der Waals surface area contributed by atoms with Crippen molar-refractivity contribution in [3.05, 3.63) is 53.1 Å². The van der Waals surface area contributed by atoms with Crippen LogP contribution in [0, 0.1) is 16.4 Å². The van der Waals surface area contributed by atoms with Crippen LogP contribution in [0.2, 0.25) is 0 Å². The van der Waals surface area contributed by atoms with Crippen molar-refractivity contribution in [1.82, 2.24) is 14.5 Å². The number of imidazole rings is 1. The van der Waals surface area contributed by atoms with Gasteiger partial charge in [0.25, 0.3) is 0 Å². The maximum atomic E-state index is 13.8. The topological polar surface area (TPSA) is 33.6 Å². The molecule has 3 aromatic rings. The standard InChI is InChI=1S/C12H7F2N3S/c13-7-1-2-8(14)11(5-7)17-10-3-4-15-6-9(10)16-12(17)18/h1-6H,(H,16,18). The van der Waals surface area contributed by atoms with Crippen molar-refractivity contribution in [2.75, 3.05) is 0 Å². The van der Waals surface area contributed by atoms with Gasteiger partial charge in [0.05, 0.1) is 22.9 Å². The molecule has 18 heavy (non-hydrogen) atoms. The summed E-state index contributed by atoms with van der Waals surface area (Å²) < 4.78 is 28.8. The van der Waals surface area contributed by atoms with Gasteiger partial charge in [-0.2, -0.15) is 0 Å². The van der Waals surface area contributed by atoms with E-state index >= 15 is 0 Å². The van der Waals surface area contributed by atoms with Gasteiger partial charge >= 0.3 is 0 Å². The molecule has 1 N–H and O–H groups in total. The van der Waals surface area contributed by atoms with Crippen molar-refractivity contribution >= 4 is 23.3 Å². The van der Waals surface area contributed by atoms with Gasteiger partial charge in [-0.15, -0.1) is 0 Å². The number of nitrogens with one attached hydrogen (secondary N) is 1. The second-order valence-electron chi connectivity index (χ2n) is 3.75. The monoisotopic (exact) mass is 263 g/mol. The van der Waals surface area contributed by atoms with E-state index in [-0.39, 0.29) is 5.69 Å². The minimum atomic E-state index is -0.537. The van der Waals surface area contributed by atoms with Crippen LogP contribution in [0.1, 0.15) is 0 Å². The van der Waals surface area contributed by atoms with E-state index in [4.69, 9.17) is 12.2 Å². The van der Waals surface area contributed by atoms with Gasteiger partial charge in [0, 0.05) is 12.3 Å². The van der Waals surface area contributed by atoms with Crippen molar-refractivity contribution in [3.8, 4) is 5.69 Å². The van der Waals surface area contributed by atoms with E-state index in [0.29, 0.717) is 15.8 Å². The van der Waals surface area contributed by atoms with Crippen LogP contribution in [0.15, 0.2) is 36.7 Å². The fourth-order valence-electron chi connectivity index (χ4n) is 1.86. The number of rotatable bonds is 1. The molecule has 2 aromatic heterocycles. The van der Waals surface area contributed by atoms with E-state index in [9.17, 15) is 8.78 Å². The smallest absolute Gasteiger partial charge is 0.182 e. The quantitative estimate of drug-likeness (QED) is 0.683. The zero-order valence-electron chi connectivity index (χ0n) is 9.02. The number of benzene rings is 1. The predicted octanol–water partition coefficient (Wildman–Crippen LogP) is 3.36. The van der Waals surface area contributed by atoms with Crippen LogP contribution in [-0.2, 0) is 0 Å². The summed E-state index contributed by atoms with van der Waals surface area (Å²) in [7, 11) is 0. The average Bonchev–Trinajstić information content (AvgIpc) is 2.68. The zero-order chi connectivity index (χ0) is 12.7. The first-order chi connectivity index (χ1) is 8.66. The minimum Gasteiger partial charge on any atom is -0.329 e. The lowest BCUT2D eigenvalue weighted by Crippen LogP contribution is -1.98. The fraction of sp³-hybridized carbons (Fsp3) is 0. The van der Waals surface area contributed by atoms with Crippen molar-refractivity contribution < 1.29 is 8.78 Å². The molecule has 6 heteroatoms. The Kier molecular flexibility index (Phi) is 2.45. The Morgan fingerprint density at radius 1 is 1.22 bits per heavy atom. The number of H-pyrrole nitrogens is 1. The molecule has 1 aromatic carbocycles. The molecule has 2 heterocycles. The van der Waals surface area contributed by atoms with Crippen LogP contribution < -0.4 is 0 Å². The van der Waals surface area contributed by atoms with Gasteiger partial charge in [-0.1, -0.05) is 0 Å². The first-order valence-corrected chi connectivity index (χ1v) is 5.58. The normalized spacial score (nSPS) is 11.0. The number of nitrogens with zero attached hydrogens (tertiary/aromatic N) is 2. The molecule has 0 aliphatic rings.